The maximum atomic E-state index is 3.68. The van der Waals surface area contributed by atoms with Crippen molar-refractivity contribution in [3.05, 3.63) is 0 Å². The number of likely N-dealkylation sites (tertiary alicyclic amines) is 1. The molecule has 0 aromatic heterocycles. The van der Waals surface area contributed by atoms with E-state index >= 15 is 0 Å². The lowest BCUT2D eigenvalue weighted by Crippen LogP contribution is -2.42. The van der Waals surface area contributed by atoms with Gasteiger partial charge in [-0.25, -0.2) is 0 Å². The zero-order chi connectivity index (χ0) is 13.7. The number of hydrogen-bond acceptors (Lipinski definition) is 2. The minimum Gasteiger partial charge on any atom is -0.314 e. The van der Waals surface area contributed by atoms with Crippen LogP contribution in [0, 0.1) is 5.41 Å². The molecule has 0 aromatic rings. The second-order valence-corrected chi connectivity index (χ2v) is 7.69. The van der Waals surface area contributed by atoms with Crippen molar-refractivity contribution in [2.45, 2.75) is 83.1 Å². The summed E-state index contributed by atoms with van der Waals surface area (Å²) >= 11 is 0. The monoisotopic (exact) mass is 278 g/mol. The molecule has 3 fully saturated rings. The summed E-state index contributed by atoms with van der Waals surface area (Å²) < 4.78 is 0. The summed E-state index contributed by atoms with van der Waals surface area (Å²) in [6, 6.07) is 0.832. The fourth-order valence-corrected chi connectivity index (χ4v) is 4.78. The van der Waals surface area contributed by atoms with Crippen molar-refractivity contribution in [2.75, 3.05) is 26.2 Å². The summed E-state index contributed by atoms with van der Waals surface area (Å²) in [6.07, 6.45) is 17.6. The van der Waals surface area contributed by atoms with Crippen molar-refractivity contribution in [1.82, 2.24) is 10.2 Å². The van der Waals surface area contributed by atoms with Crippen LogP contribution in [0.25, 0.3) is 0 Å². The molecule has 3 aliphatic rings. The number of nitrogens with one attached hydrogen (secondary N) is 1. The Morgan fingerprint density at radius 1 is 0.900 bits per heavy atom. The lowest BCUT2D eigenvalue weighted by atomic mass is 9.68. The Hall–Kier alpha value is -0.0800. The van der Waals surface area contributed by atoms with Crippen LogP contribution in [0.1, 0.15) is 77.0 Å². The molecule has 1 saturated carbocycles. The zero-order valence-electron chi connectivity index (χ0n) is 13.3. The Bertz CT molecular complexity index is 267. The Morgan fingerprint density at radius 2 is 1.70 bits per heavy atom. The molecule has 20 heavy (non-hydrogen) atoms. The molecule has 1 aliphatic carbocycles. The number of hydrogen-bond donors (Lipinski definition) is 1. The molecule has 1 unspecified atom stereocenters. The van der Waals surface area contributed by atoms with E-state index in [9.17, 15) is 0 Å². The predicted molar refractivity (Wildman–Crippen MR) is 86.1 cm³/mol. The van der Waals surface area contributed by atoms with Crippen LogP contribution in [-0.2, 0) is 0 Å². The van der Waals surface area contributed by atoms with Gasteiger partial charge in [0.15, 0.2) is 0 Å². The van der Waals surface area contributed by atoms with Gasteiger partial charge in [0.2, 0.25) is 0 Å². The third-order valence-corrected chi connectivity index (χ3v) is 6.27. The molecule has 1 spiro atoms. The van der Waals surface area contributed by atoms with E-state index in [0.717, 1.165) is 11.5 Å². The minimum atomic E-state index is 0.777. The van der Waals surface area contributed by atoms with E-state index in [4.69, 9.17) is 0 Å². The molecule has 0 bridgehead atoms. The smallest absolute Gasteiger partial charge is 0.00675 e. The minimum absolute atomic E-state index is 0.777. The molecular weight excluding hydrogens is 244 g/mol. The highest BCUT2D eigenvalue weighted by Gasteiger charge is 2.35. The van der Waals surface area contributed by atoms with Crippen LogP contribution in [0.5, 0.6) is 0 Å². The topological polar surface area (TPSA) is 15.3 Å². The van der Waals surface area contributed by atoms with Crippen LogP contribution in [-0.4, -0.2) is 37.1 Å². The zero-order valence-corrected chi connectivity index (χ0v) is 13.3. The molecular formula is C18H34N2. The van der Waals surface area contributed by atoms with E-state index < -0.39 is 0 Å². The van der Waals surface area contributed by atoms with Gasteiger partial charge in [-0.3, -0.25) is 0 Å². The van der Waals surface area contributed by atoms with Crippen LogP contribution >= 0.6 is 0 Å². The van der Waals surface area contributed by atoms with Gasteiger partial charge in [0, 0.05) is 6.04 Å². The molecule has 0 amide bonds. The Labute approximate surface area is 125 Å². The second kappa shape index (κ2) is 7.26. The van der Waals surface area contributed by atoms with Crippen LogP contribution < -0.4 is 5.32 Å². The molecule has 1 N–H and O–H groups in total. The molecule has 0 radical (unpaired) electrons. The number of nitrogens with zero attached hydrogens (tertiary/aromatic N) is 1. The molecule has 2 heteroatoms. The van der Waals surface area contributed by atoms with Crippen molar-refractivity contribution >= 4 is 0 Å². The van der Waals surface area contributed by atoms with Crippen LogP contribution in [0.3, 0.4) is 0 Å². The second-order valence-electron chi connectivity index (χ2n) is 7.69. The number of rotatable bonds is 4. The Kier molecular flexibility index (Phi) is 5.39. The SMILES string of the molecule is C1CCC2(CC1)CCN(CCCC1CCCCN1)CC2. The molecule has 1 atom stereocenters. The van der Waals surface area contributed by atoms with Crippen molar-refractivity contribution in [1.29, 1.82) is 0 Å². The van der Waals surface area contributed by atoms with Crippen LogP contribution in [0.2, 0.25) is 0 Å². The first-order chi connectivity index (χ1) is 9.86. The van der Waals surface area contributed by atoms with Crippen molar-refractivity contribution in [3.8, 4) is 0 Å². The highest BCUT2D eigenvalue weighted by atomic mass is 15.1. The fraction of sp³-hybridized carbons (Fsp3) is 1.00. The molecule has 2 heterocycles. The average molecular weight is 278 g/mol. The maximum absolute atomic E-state index is 3.68. The van der Waals surface area contributed by atoms with E-state index in [1.54, 1.807) is 0 Å². The van der Waals surface area contributed by atoms with Gasteiger partial charge in [-0.1, -0.05) is 25.7 Å². The summed E-state index contributed by atoms with van der Waals surface area (Å²) in [5.41, 5.74) is 0.777. The van der Waals surface area contributed by atoms with Gasteiger partial charge in [-0.05, 0) is 83.0 Å². The van der Waals surface area contributed by atoms with E-state index in [2.05, 4.69) is 10.2 Å². The molecule has 0 aromatic carbocycles. The summed E-state index contributed by atoms with van der Waals surface area (Å²) in [5, 5.41) is 3.68. The standard InChI is InChI=1S/C18H34N2/c1-3-9-18(10-4-1)11-15-20(16-12-18)14-6-8-17-7-2-5-13-19-17/h17,19H,1-16H2. The average Bonchev–Trinajstić information content (AvgIpc) is 2.52. The van der Waals surface area contributed by atoms with Crippen molar-refractivity contribution in [2.24, 2.45) is 5.41 Å². The quantitative estimate of drug-likeness (QED) is 0.837. The third kappa shape index (κ3) is 3.98. The summed E-state index contributed by atoms with van der Waals surface area (Å²) in [6.45, 7) is 5.39. The maximum Gasteiger partial charge on any atom is 0.00675 e. The van der Waals surface area contributed by atoms with Crippen LogP contribution in [0.4, 0.5) is 0 Å². The molecule has 2 nitrogen and oxygen atoms in total. The van der Waals surface area contributed by atoms with Gasteiger partial charge in [0.05, 0.1) is 0 Å². The normalized spacial score (nSPS) is 31.5. The lowest BCUT2D eigenvalue weighted by molar-refractivity contribution is 0.0665. The summed E-state index contributed by atoms with van der Waals surface area (Å²) in [5.74, 6) is 0. The van der Waals surface area contributed by atoms with E-state index in [1.165, 1.54) is 103 Å². The molecule has 2 aliphatic heterocycles. The fourth-order valence-electron chi connectivity index (χ4n) is 4.78. The van der Waals surface area contributed by atoms with E-state index in [-0.39, 0.29) is 0 Å². The summed E-state index contributed by atoms with van der Waals surface area (Å²) in [7, 11) is 0. The van der Waals surface area contributed by atoms with Gasteiger partial charge in [0.25, 0.3) is 0 Å². The highest BCUT2D eigenvalue weighted by molar-refractivity contribution is 4.88. The van der Waals surface area contributed by atoms with Crippen molar-refractivity contribution in [3.63, 3.8) is 0 Å². The largest absolute Gasteiger partial charge is 0.314 e. The van der Waals surface area contributed by atoms with Gasteiger partial charge in [0.1, 0.15) is 0 Å². The summed E-state index contributed by atoms with van der Waals surface area (Å²) in [4.78, 5) is 2.75. The van der Waals surface area contributed by atoms with Crippen molar-refractivity contribution < 1.29 is 0 Å². The Morgan fingerprint density at radius 3 is 2.40 bits per heavy atom. The third-order valence-electron chi connectivity index (χ3n) is 6.27. The van der Waals surface area contributed by atoms with E-state index in [1.807, 2.05) is 0 Å². The molecule has 3 rings (SSSR count). The predicted octanol–water partition coefficient (Wildman–Crippen LogP) is 3.96. The van der Waals surface area contributed by atoms with Gasteiger partial charge < -0.3 is 10.2 Å². The Balaban J connectivity index is 1.32. The van der Waals surface area contributed by atoms with Gasteiger partial charge in [-0.2, -0.15) is 0 Å². The van der Waals surface area contributed by atoms with Crippen LogP contribution in [0.15, 0.2) is 0 Å². The first-order valence-electron chi connectivity index (χ1n) is 9.32. The van der Waals surface area contributed by atoms with Gasteiger partial charge in [-0.15, -0.1) is 0 Å². The lowest BCUT2D eigenvalue weighted by Gasteiger charge is -2.44. The molecule has 2 saturated heterocycles. The first-order valence-corrected chi connectivity index (χ1v) is 9.32. The van der Waals surface area contributed by atoms with Gasteiger partial charge >= 0.3 is 0 Å². The number of piperidine rings is 2. The molecule has 116 valence electrons. The van der Waals surface area contributed by atoms with E-state index in [0.29, 0.717) is 0 Å². The first kappa shape index (κ1) is 14.8. The highest BCUT2D eigenvalue weighted by Crippen LogP contribution is 2.44.